The van der Waals surface area contributed by atoms with Crippen LogP contribution in [0.15, 0.2) is 42.0 Å². The van der Waals surface area contributed by atoms with E-state index in [2.05, 4.69) is 12.2 Å². The number of unbranched alkanes of at least 4 members (excludes halogenated alkanes) is 3. The number of methoxy groups -OCH3 is 1. The van der Waals surface area contributed by atoms with Crippen LogP contribution in [0.3, 0.4) is 0 Å². The predicted molar refractivity (Wildman–Crippen MR) is 121 cm³/mol. The van der Waals surface area contributed by atoms with Gasteiger partial charge in [-0.15, -0.1) is 0 Å². The Hall–Kier alpha value is -2.68. The van der Waals surface area contributed by atoms with Crippen molar-refractivity contribution in [3.05, 3.63) is 57.6 Å². The first-order valence-corrected chi connectivity index (χ1v) is 10.4. The molecule has 0 aliphatic rings. The number of nitriles is 1. The van der Waals surface area contributed by atoms with Crippen LogP contribution in [0.25, 0.3) is 6.08 Å². The van der Waals surface area contributed by atoms with Crippen LogP contribution >= 0.6 is 23.2 Å². The topological polar surface area (TPSA) is 71.3 Å². The summed E-state index contributed by atoms with van der Waals surface area (Å²) in [5.74, 6) is 0.542. The molecule has 2 aromatic carbocycles. The van der Waals surface area contributed by atoms with Gasteiger partial charge in [0.1, 0.15) is 17.4 Å². The Morgan fingerprint density at radius 2 is 1.80 bits per heavy atom. The zero-order valence-corrected chi connectivity index (χ0v) is 18.5. The van der Waals surface area contributed by atoms with E-state index in [0.29, 0.717) is 39.4 Å². The van der Waals surface area contributed by atoms with E-state index in [1.165, 1.54) is 6.08 Å². The summed E-state index contributed by atoms with van der Waals surface area (Å²) in [4.78, 5) is 12.4. The van der Waals surface area contributed by atoms with Gasteiger partial charge in [0.05, 0.1) is 23.8 Å². The Bertz CT molecular complexity index is 911. The molecule has 0 atom stereocenters. The third-order valence-electron chi connectivity index (χ3n) is 4.29. The van der Waals surface area contributed by atoms with E-state index in [1.807, 2.05) is 6.07 Å². The highest BCUT2D eigenvalue weighted by atomic mass is 35.5. The Kier molecular flexibility index (Phi) is 9.53. The van der Waals surface area contributed by atoms with Gasteiger partial charge in [0.2, 0.25) is 0 Å². The lowest BCUT2D eigenvalue weighted by Crippen LogP contribution is -2.13. The number of anilines is 1. The molecule has 0 bridgehead atoms. The Morgan fingerprint density at radius 1 is 1.13 bits per heavy atom. The number of carbonyl (C=O) groups is 1. The van der Waals surface area contributed by atoms with Gasteiger partial charge in [0.15, 0.2) is 5.75 Å². The highest BCUT2D eigenvalue weighted by molar-refractivity contribution is 6.37. The van der Waals surface area contributed by atoms with Crippen molar-refractivity contribution in [2.45, 2.75) is 32.6 Å². The number of hydrogen-bond acceptors (Lipinski definition) is 4. The molecule has 5 nitrogen and oxygen atoms in total. The Labute approximate surface area is 187 Å². The summed E-state index contributed by atoms with van der Waals surface area (Å²) < 4.78 is 10.8. The Balaban J connectivity index is 2.10. The number of amides is 1. The molecule has 0 aromatic heterocycles. The van der Waals surface area contributed by atoms with E-state index in [9.17, 15) is 10.1 Å². The number of nitrogens with one attached hydrogen (secondary N) is 1. The maximum atomic E-state index is 12.4. The molecule has 1 N–H and O–H groups in total. The number of nitrogens with zero attached hydrogens (tertiary/aromatic N) is 1. The smallest absolute Gasteiger partial charge is 0.266 e. The van der Waals surface area contributed by atoms with Gasteiger partial charge in [-0.2, -0.15) is 5.26 Å². The lowest BCUT2D eigenvalue weighted by atomic mass is 10.1. The number of carbonyl (C=O) groups excluding carboxylic acids is 1. The molecule has 0 heterocycles. The highest BCUT2D eigenvalue weighted by Gasteiger charge is 2.13. The summed E-state index contributed by atoms with van der Waals surface area (Å²) in [6.45, 7) is 2.68. The van der Waals surface area contributed by atoms with Crippen molar-refractivity contribution in [1.29, 1.82) is 5.26 Å². The van der Waals surface area contributed by atoms with Gasteiger partial charge >= 0.3 is 0 Å². The normalized spacial score (nSPS) is 11.0. The molecule has 158 valence electrons. The van der Waals surface area contributed by atoms with Crippen molar-refractivity contribution >= 4 is 40.9 Å². The first kappa shape index (κ1) is 23.6. The van der Waals surface area contributed by atoms with E-state index in [4.69, 9.17) is 32.7 Å². The summed E-state index contributed by atoms with van der Waals surface area (Å²) in [5.41, 5.74) is 1.00. The van der Waals surface area contributed by atoms with Crippen LogP contribution in [0.1, 0.15) is 38.2 Å². The van der Waals surface area contributed by atoms with Gasteiger partial charge < -0.3 is 14.8 Å². The zero-order chi connectivity index (χ0) is 21.9. The molecule has 30 heavy (non-hydrogen) atoms. The maximum Gasteiger partial charge on any atom is 0.266 e. The van der Waals surface area contributed by atoms with E-state index >= 15 is 0 Å². The first-order chi connectivity index (χ1) is 14.5. The number of benzene rings is 2. The number of ether oxygens (including phenoxy) is 2. The monoisotopic (exact) mass is 446 g/mol. The third kappa shape index (κ3) is 6.98. The van der Waals surface area contributed by atoms with Crippen LogP contribution < -0.4 is 14.8 Å². The van der Waals surface area contributed by atoms with Crippen molar-refractivity contribution in [3.8, 4) is 17.6 Å². The van der Waals surface area contributed by atoms with Gasteiger partial charge in [-0.3, -0.25) is 4.79 Å². The lowest BCUT2D eigenvalue weighted by Gasteiger charge is -2.11. The summed E-state index contributed by atoms with van der Waals surface area (Å²) in [5, 5.41) is 12.7. The fraction of sp³-hybridized carbons (Fsp3) is 0.304. The van der Waals surface area contributed by atoms with Crippen molar-refractivity contribution in [2.24, 2.45) is 0 Å². The molecule has 0 spiro atoms. The van der Waals surface area contributed by atoms with Crippen LogP contribution in [0, 0.1) is 11.3 Å². The third-order valence-corrected chi connectivity index (χ3v) is 4.85. The van der Waals surface area contributed by atoms with Crippen LogP contribution in [-0.2, 0) is 4.79 Å². The van der Waals surface area contributed by atoms with Crippen molar-refractivity contribution in [3.63, 3.8) is 0 Å². The molecule has 0 saturated carbocycles. The molecular formula is C23H24Cl2N2O3. The minimum Gasteiger partial charge on any atom is -0.497 e. The zero-order valence-electron chi connectivity index (χ0n) is 17.0. The molecule has 0 radical (unpaired) electrons. The van der Waals surface area contributed by atoms with Crippen molar-refractivity contribution in [1.82, 2.24) is 0 Å². The second kappa shape index (κ2) is 12.1. The fourth-order valence-corrected chi connectivity index (χ4v) is 3.30. The SMILES string of the molecule is CCCCCCOc1c(Cl)cc(/C=C(/C#N)C(=O)Nc2ccc(OC)cc2)cc1Cl. The Morgan fingerprint density at radius 3 is 2.37 bits per heavy atom. The van der Waals surface area contributed by atoms with Gasteiger partial charge in [0.25, 0.3) is 5.91 Å². The molecule has 0 aliphatic carbocycles. The standard InChI is InChI=1S/C23H24Cl2N2O3/c1-3-4-5-6-11-30-22-20(24)13-16(14-21(22)25)12-17(15-26)23(28)27-18-7-9-19(29-2)10-8-18/h7-10,12-14H,3-6,11H2,1-2H3,(H,27,28)/b17-12-. The molecule has 7 heteroatoms. The minimum absolute atomic E-state index is 0.0776. The second-order valence-electron chi connectivity index (χ2n) is 6.58. The van der Waals surface area contributed by atoms with E-state index in [0.717, 1.165) is 25.7 Å². The van der Waals surface area contributed by atoms with Gasteiger partial charge in [-0.25, -0.2) is 0 Å². The first-order valence-electron chi connectivity index (χ1n) is 9.67. The van der Waals surface area contributed by atoms with Crippen LogP contribution in [0.5, 0.6) is 11.5 Å². The van der Waals surface area contributed by atoms with Gasteiger partial charge in [-0.1, -0.05) is 49.4 Å². The van der Waals surface area contributed by atoms with Crippen molar-refractivity contribution in [2.75, 3.05) is 19.0 Å². The molecule has 0 fully saturated rings. The van der Waals surface area contributed by atoms with E-state index in [1.54, 1.807) is 43.5 Å². The molecule has 0 aliphatic heterocycles. The van der Waals surface area contributed by atoms with Crippen LogP contribution in [0.4, 0.5) is 5.69 Å². The quantitative estimate of drug-likeness (QED) is 0.256. The minimum atomic E-state index is -0.536. The maximum absolute atomic E-state index is 12.4. The fourth-order valence-electron chi connectivity index (χ4n) is 2.69. The van der Waals surface area contributed by atoms with Crippen molar-refractivity contribution < 1.29 is 14.3 Å². The second-order valence-corrected chi connectivity index (χ2v) is 7.39. The lowest BCUT2D eigenvalue weighted by molar-refractivity contribution is -0.112. The molecule has 0 saturated heterocycles. The molecular weight excluding hydrogens is 423 g/mol. The van der Waals surface area contributed by atoms with Crippen LogP contribution in [-0.4, -0.2) is 19.6 Å². The van der Waals surface area contributed by atoms with E-state index in [-0.39, 0.29) is 5.57 Å². The molecule has 2 rings (SSSR count). The number of halogens is 2. The molecule has 2 aromatic rings. The summed E-state index contributed by atoms with van der Waals surface area (Å²) in [6, 6.07) is 11.9. The molecule has 0 unspecified atom stereocenters. The van der Waals surface area contributed by atoms with Gasteiger partial charge in [-0.05, 0) is 54.5 Å². The predicted octanol–water partition coefficient (Wildman–Crippen LogP) is 6.51. The average Bonchev–Trinajstić information content (AvgIpc) is 2.74. The largest absolute Gasteiger partial charge is 0.497 e. The van der Waals surface area contributed by atoms with E-state index < -0.39 is 5.91 Å². The average molecular weight is 447 g/mol. The molecule has 1 amide bonds. The number of hydrogen-bond donors (Lipinski definition) is 1. The van der Waals surface area contributed by atoms with Gasteiger partial charge in [0, 0.05) is 5.69 Å². The summed E-state index contributed by atoms with van der Waals surface area (Å²) in [7, 11) is 1.56. The number of rotatable bonds is 10. The highest BCUT2D eigenvalue weighted by Crippen LogP contribution is 2.35. The van der Waals surface area contributed by atoms with Crippen LogP contribution in [0.2, 0.25) is 10.0 Å². The summed E-state index contributed by atoms with van der Waals surface area (Å²) >= 11 is 12.6. The summed E-state index contributed by atoms with van der Waals surface area (Å²) in [6.07, 6.45) is 5.75.